The minimum Gasteiger partial charge on any atom is -0.434 e. The van der Waals surface area contributed by atoms with E-state index in [1.54, 1.807) is 37.3 Å². The van der Waals surface area contributed by atoms with E-state index in [4.69, 9.17) is 16.3 Å². The number of hydrogen-bond acceptors (Lipinski definition) is 6. The molecule has 0 radical (unpaired) electrons. The summed E-state index contributed by atoms with van der Waals surface area (Å²) in [6.07, 6.45) is 1.21. The summed E-state index contributed by atoms with van der Waals surface area (Å²) in [5, 5.41) is 15.1. The van der Waals surface area contributed by atoms with E-state index >= 15 is 0 Å². The lowest BCUT2D eigenvalue weighted by atomic mass is 10.2. The molecule has 0 amide bonds. The summed E-state index contributed by atoms with van der Waals surface area (Å²) in [5.41, 5.74) is 2.06. The molecule has 0 unspecified atom stereocenters. The van der Waals surface area contributed by atoms with Gasteiger partial charge in [-0.15, -0.1) is 0 Å². The SMILES string of the molecule is Cc1ccc(Oc2ncnc(Nc3cccc(Cl)c3C)c2[N+](=O)[O-])cc1. The molecule has 132 valence electrons. The molecular weight excluding hydrogens is 356 g/mol. The Bertz CT molecular complexity index is 961. The number of ether oxygens (including phenoxy) is 1. The van der Waals surface area contributed by atoms with Crippen LogP contribution in [0.1, 0.15) is 11.1 Å². The van der Waals surface area contributed by atoms with Gasteiger partial charge in [0.05, 0.1) is 4.92 Å². The quantitative estimate of drug-likeness (QED) is 0.491. The molecule has 3 rings (SSSR count). The van der Waals surface area contributed by atoms with Gasteiger partial charge in [-0.1, -0.05) is 35.4 Å². The molecule has 2 aromatic carbocycles. The largest absolute Gasteiger partial charge is 0.434 e. The average Bonchev–Trinajstić information content (AvgIpc) is 2.61. The van der Waals surface area contributed by atoms with E-state index in [2.05, 4.69) is 15.3 Å². The molecule has 0 atom stereocenters. The molecule has 0 aliphatic carbocycles. The van der Waals surface area contributed by atoms with Crippen LogP contribution in [0.5, 0.6) is 11.6 Å². The summed E-state index contributed by atoms with van der Waals surface area (Å²) >= 11 is 6.10. The molecule has 0 aliphatic rings. The predicted molar refractivity (Wildman–Crippen MR) is 99.4 cm³/mol. The average molecular weight is 371 g/mol. The van der Waals surface area contributed by atoms with Crippen LogP contribution >= 0.6 is 11.6 Å². The zero-order valence-corrected chi connectivity index (χ0v) is 14.8. The molecule has 0 spiro atoms. The second-order valence-electron chi connectivity index (χ2n) is 5.59. The van der Waals surface area contributed by atoms with Gasteiger partial charge >= 0.3 is 11.6 Å². The lowest BCUT2D eigenvalue weighted by Gasteiger charge is -2.11. The fourth-order valence-corrected chi connectivity index (χ4v) is 2.46. The first-order chi connectivity index (χ1) is 12.5. The van der Waals surface area contributed by atoms with E-state index in [9.17, 15) is 10.1 Å². The van der Waals surface area contributed by atoms with Gasteiger partial charge in [0.1, 0.15) is 12.1 Å². The smallest absolute Gasteiger partial charge is 0.373 e. The van der Waals surface area contributed by atoms with Crippen molar-refractivity contribution in [1.29, 1.82) is 0 Å². The Morgan fingerprint density at radius 1 is 1.12 bits per heavy atom. The Kier molecular flexibility index (Phi) is 4.99. The van der Waals surface area contributed by atoms with E-state index in [0.717, 1.165) is 11.1 Å². The summed E-state index contributed by atoms with van der Waals surface area (Å²) in [6, 6.07) is 12.4. The molecule has 0 bridgehead atoms. The van der Waals surface area contributed by atoms with Crippen molar-refractivity contribution in [3.63, 3.8) is 0 Å². The van der Waals surface area contributed by atoms with Gasteiger partial charge in [-0.25, -0.2) is 4.98 Å². The van der Waals surface area contributed by atoms with Crippen molar-refractivity contribution < 1.29 is 9.66 Å². The van der Waals surface area contributed by atoms with Crippen LogP contribution in [0.3, 0.4) is 0 Å². The summed E-state index contributed by atoms with van der Waals surface area (Å²) in [6.45, 7) is 3.74. The Morgan fingerprint density at radius 3 is 2.54 bits per heavy atom. The summed E-state index contributed by atoms with van der Waals surface area (Å²) in [5.74, 6) is 0.329. The molecule has 1 N–H and O–H groups in total. The number of rotatable bonds is 5. The van der Waals surface area contributed by atoms with Crippen molar-refractivity contribution in [3.05, 3.63) is 75.1 Å². The minimum atomic E-state index is -0.578. The molecule has 0 fully saturated rings. The first-order valence-electron chi connectivity index (χ1n) is 7.71. The Morgan fingerprint density at radius 2 is 1.85 bits per heavy atom. The van der Waals surface area contributed by atoms with Crippen LogP contribution in [0.25, 0.3) is 0 Å². The van der Waals surface area contributed by atoms with E-state index in [1.165, 1.54) is 6.33 Å². The topological polar surface area (TPSA) is 90.2 Å². The minimum absolute atomic E-state index is 0.0254. The van der Waals surface area contributed by atoms with Crippen LogP contribution in [0, 0.1) is 24.0 Å². The van der Waals surface area contributed by atoms with E-state index in [1.807, 2.05) is 19.1 Å². The number of hydrogen-bond donors (Lipinski definition) is 1. The van der Waals surface area contributed by atoms with Crippen molar-refractivity contribution in [2.24, 2.45) is 0 Å². The van der Waals surface area contributed by atoms with Crippen LogP contribution in [0.2, 0.25) is 5.02 Å². The predicted octanol–water partition coefficient (Wildman–Crippen LogP) is 5.19. The lowest BCUT2D eigenvalue weighted by Crippen LogP contribution is -2.04. The highest BCUT2D eigenvalue weighted by Crippen LogP contribution is 2.36. The van der Waals surface area contributed by atoms with E-state index in [-0.39, 0.29) is 17.4 Å². The van der Waals surface area contributed by atoms with Crippen LogP contribution in [0.4, 0.5) is 17.2 Å². The van der Waals surface area contributed by atoms with Crippen LogP contribution in [-0.2, 0) is 0 Å². The van der Waals surface area contributed by atoms with Gasteiger partial charge in [0.15, 0.2) is 0 Å². The van der Waals surface area contributed by atoms with Gasteiger partial charge in [0.25, 0.3) is 0 Å². The fraction of sp³-hybridized carbons (Fsp3) is 0.111. The Labute approximate surface area is 154 Å². The number of halogens is 1. The van der Waals surface area contributed by atoms with Gasteiger partial charge in [0, 0.05) is 10.7 Å². The molecule has 26 heavy (non-hydrogen) atoms. The van der Waals surface area contributed by atoms with Crippen molar-refractivity contribution in [3.8, 4) is 11.6 Å². The zero-order valence-electron chi connectivity index (χ0n) is 14.1. The molecule has 0 saturated heterocycles. The fourth-order valence-electron chi connectivity index (χ4n) is 2.28. The second kappa shape index (κ2) is 7.37. The van der Waals surface area contributed by atoms with Gasteiger partial charge < -0.3 is 10.1 Å². The van der Waals surface area contributed by atoms with Gasteiger partial charge in [0.2, 0.25) is 5.82 Å². The first kappa shape index (κ1) is 17.6. The highest BCUT2D eigenvalue weighted by atomic mass is 35.5. The molecule has 1 aromatic heterocycles. The highest BCUT2D eigenvalue weighted by Gasteiger charge is 2.25. The molecule has 1 heterocycles. The third-order valence-electron chi connectivity index (χ3n) is 3.73. The Hall–Kier alpha value is -3.19. The number of nitro groups is 1. The van der Waals surface area contributed by atoms with Crippen LogP contribution in [0.15, 0.2) is 48.8 Å². The third-order valence-corrected chi connectivity index (χ3v) is 4.14. The normalized spacial score (nSPS) is 10.4. The maximum Gasteiger partial charge on any atom is 0.373 e. The van der Waals surface area contributed by atoms with Gasteiger partial charge in [-0.3, -0.25) is 10.1 Å². The Balaban J connectivity index is 1.99. The van der Waals surface area contributed by atoms with Crippen LogP contribution < -0.4 is 10.1 Å². The number of aryl methyl sites for hydroxylation is 1. The molecule has 8 heteroatoms. The van der Waals surface area contributed by atoms with E-state index in [0.29, 0.717) is 16.5 Å². The first-order valence-corrected chi connectivity index (χ1v) is 8.09. The summed E-state index contributed by atoms with van der Waals surface area (Å²) < 4.78 is 5.60. The molecule has 3 aromatic rings. The molecule has 0 aliphatic heterocycles. The van der Waals surface area contributed by atoms with Crippen LogP contribution in [-0.4, -0.2) is 14.9 Å². The molecular formula is C18H15ClN4O3. The number of nitrogens with zero attached hydrogens (tertiary/aromatic N) is 3. The van der Waals surface area contributed by atoms with Gasteiger partial charge in [-0.05, 0) is 43.7 Å². The standard InChI is InChI=1S/C18H15ClN4O3/c1-11-6-8-13(9-7-11)26-18-16(23(24)25)17(20-10-21-18)22-15-5-3-4-14(19)12(15)2/h3-10H,1-2H3,(H,20,21,22). The van der Waals surface area contributed by atoms with Gasteiger partial charge in [-0.2, -0.15) is 4.98 Å². The number of anilines is 2. The molecule has 7 nitrogen and oxygen atoms in total. The monoisotopic (exact) mass is 370 g/mol. The summed E-state index contributed by atoms with van der Waals surface area (Å²) in [4.78, 5) is 18.9. The highest BCUT2D eigenvalue weighted by molar-refractivity contribution is 6.31. The number of aromatic nitrogens is 2. The lowest BCUT2D eigenvalue weighted by molar-refractivity contribution is -0.385. The number of nitrogens with one attached hydrogen (secondary N) is 1. The van der Waals surface area contributed by atoms with E-state index < -0.39 is 4.92 Å². The summed E-state index contributed by atoms with van der Waals surface area (Å²) in [7, 11) is 0. The molecule has 0 saturated carbocycles. The maximum atomic E-state index is 11.6. The van der Waals surface area contributed by atoms with Crippen molar-refractivity contribution in [2.75, 3.05) is 5.32 Å². The second-order valence-corrected chi connectivity index (χ2v) is 5.99. The number of benzene rings is 2. The third kappa shape index (κ3) is 3.73. The maximum absolute atomic E-state index is 11.6. The van der Waals surface area contributed by atoms with Crippen molar-refractivity contribution in [2.45, 2.75) is 13.8 Å². The zero-order chi connectivity index (χ0) is 18.7. The van der Waals surface area contributed by atoms with Crippen molar-refractivity contribution >= 4 is 28.8 Å². The van der Waals surface area contributed by atoms with Crippen molar-refractivity contribution in [1.82, 2.24) is 9.97 Å².